The smallest absolute Gasteiger partial charge is 0.107 e. The SMILES string of the molecule is [CH2]N1CCCC1O. The summed E-state index contributed by atoms with van der Waals surface area (Å²) in [5, 5.41) is 8.86. The van der Waals surface area contributed by atoms with Gasteiger partial charge in [-0.3, -0.25) is 4.90 Å². The minimum absolute atomic E-state index is 0.264. The Bertz CT molecular complexity index is 57.1. The van der Waals surface area contributed by atoms with Gasteiger partial charge in [-0.2, -0.15) is 0 Å². The zero-order valence-electron chi connectivity index (χ0n) is 4.30. The minimum atomic E-state index is -0.264. The lowest BCUT2D eigenvalue weighted by Gasteiger charge is -2.10. The van der Waals surface area contributed by atoms with E-state index in [0.29, 0.717) is 0 Å². The van der Waals surface area contributed by atoms with Crippen LogP contribution in [0, 0.1) is 7.05 Å². The molecule has 0 aliphatic carbocycles. The molecule has 0 aromatic heterocycles. The van der Waals surface area contributed by atoms with Gasteiger partial charge < -0.3 is 5.11 Å². The Morgan fingerprint density at radius 1 is 1.71 bits per heavy atom. The maximum Gasteiger partial charge on any atom is 0.107 e. The standard InChI is InChI=1S/C5H10NO/c1-6-4-2-3-5(6)7/h5,7H,1-4H2. The molecule has 1 fully saturated rings. The number of rotatable bonds is 0. The molecule has 0 aromatic carbocycles. The minimum Gasteiger partial charge on any atom is -0.378 e. The van der Waals surface area contributed by atoms with Crippen LogP contribution in [0.25, 0.3) is 0 Å². The van der Waals surface area contributed by atoms with Crippen molar-refractivity contribution >= 4 is 0 Å². The first-order valence-corrected chi connectivity index (χ1v) is 2.56. The molecule has 2 nitrogen and oxygen atoms in total. The average molecular weight is 100 g/mol. The van der Waals surface area contributed by atoms with Gasteiger partial charge in [0.25, 0.3) is 0 Å². The number of hydrogen-bond donors (Lipinski definition) is 1. The van der Waals surface area contributed by atoms with E-state index in [0.717, 1.165) is 19.4 Å². The second-order valence-corrected chi connectivity index (χ2v) is 1.94. The number of aliphatic hydroxyl groups excluding tert-OH is 1. The average Bonchev–Trinajstić information content (AvgIpc) is 1.91. The molecular weight excluding hydrogens is 90.1 g/mol. The Morgan fingerprint density at radius 3 is 2.57 bits per heavy atom. The van der Waals surface area contributed by atoms with Crippen molar-refractivity contribution in [1.82, 2.24) is 4.90 Å². The van der Waals surface area contributed by atoms with Crippen LogP contribution in [-0.4, -0.2) is 22.8 Å². The van der Waals surface area contributed by atoms with Gasteiger partial charge in [0.1, 0.15) is 6.23 Å². The molecule has 1 aliphatic rings. The van der Waals surface area contributed by atoms with E-state index in [1.54, 1.807) is 4.90 Å². The molecule has 0 bridgehead atoms. The molecule has 1 saturated heterocycles. The predicted molar refractivity (Wildman–Crippen MR) is 27.3 cm³/mol. The predicted octanol–water partition coefficient (Wildman–Crippen LogP) is 0.192. The summed E-state index contributed by atoms with van der Waals surface area (Å²) in [6.45, 7) is 0.946. The zero-order valence-corrected chi connectivity index (χ0v) is 4.30. The van der Waals surface area contributed by atoms with Gasteiger partial charge in [-0.15, -0.1) is 0 Å². The van der Waals surface area contributed by atoms with E-state index in [-0.39, 0.29) is 6.23 Å². The molecule has 7 heavy (non-hydrogen) atoms. The quantitative estimate of drug-likeness (QED) is 0.470. The van der Waals surface area contributed by atoms with Crippen molar-refractivity contribution in [2.75, 3.05) is 6.54 Å². The van der Waals surface area contributed by atoms with Crippen LogP contribution in [-0.2, 0) is 0 Å². The summed E-state index contributed by atoms with van der Waals surface area (Å²) in [5.74, 6) is 0. The third kappa shape index (κ3) is 0.924. The molecule has 1 radical (unpaired) electrons. The first-order chi connectivity index (χ1) is 3.30. The molecule has 41 valence electrons. The van der Waals surface area contributed by atoms with Gasteiger partial charge in [0, 0.05) is 13.6 Å². The Labute approximate surface area is 43.7 Å². The van der Waals surface area contributed by atoms with Crippen molar-refractivity contribution in [1.29, 1.82) is 0 Å². The summed E-state index contributed by atoms with van der Waals surface area (Å²) in [5.41, 5.74) is 0. The summed E-state index contributed by atoms with van der Waals surface area (Å²) in [6, 6.07) is 0. The van der Waals surface area contributed by atoms with E-state index < -0.39 is 0 Å². The lowest BCUT2D eigenvalue weighted by molar-refractivity contribution is 0.0698. The summed E-state index contributed by atoms with van der Waals surface area (Å²) in [7, 11) is 3.60. The Balaban J connectivity index is 2.33. The Hall–Kier alpha value is -0.0800. The fraction of sp³-hybridized carbons (Fsp3) is 0.800. The maximum absolute atomic E-state index is 8.86. The fourth-order valence-electron chi connectivity index (χ4n) is 0.809. The van der Waals surface area contributed by atoms with Crippen LogP contribution in [0.2, 0.25) is 0 Å². The van der Waals surface area contributed by atoms with Gasteiger partial charge in [0.2, 0.25) is 0 Å². The highest BCUT2D eigenvalue weighted by Gasteiger charge is 2.16. The van der Waals surface area contributed by atoms with Crippen LogP contribution in [0.1, 0.15) is 12.8 Å². The normalized spacial score (nSPS) is 34.3. The van der Waals surface area contributed by atoms with Crippen LogP contribution in [0.5, 0.6) is 0 Å². The second kappa shape index (κ2) is 1.80. The molecule has 2 heteroatoms. The van der Waals surface area contributed by atoms with Crippen molar-refractivity contribution in [3.8, 4) is 0 Å². The highest BCUT2D eigenvalue weighted by Crippen LogP contribution is 2.11. The second-order valence-electron chi connectivity index (χ2n) is 1.94. The molecule has 1 rings (SSSR count). The van der Waals surface area contributed by atoms with E-state index in [1.807, 2.05) is 0 Å². The Morgan fingerprint density at radius 2 is 2.43 bits per heavy atom. The van der Waals surface area contributed by atoms with Crippen molar-refractivity contribution in [3.05, 3.63) is 7.05 Å². The van der Waals surface area contributed by atoms with Crippen molar-refractivity contribution in [2.24, 2.45) is 0 Å². The van der Waals surface area contributed by atoms with Crippen molar-refractivity contribution < 1.29 is 5.11 Å². The molecule has 1 unspecified atom stereocenters. The van der Waals surface area contributed by atoms with Crippen LogP contribution in [0.3, 0.4) is 0 Å². The topological polar surface area (TPSA) is 23.5 Å². The van der Waals surface area contributed by atoms with Crippen LogP contribution in [0.15, 0.2) is 0 Å². The van der Waals surface area contributed by atoms with Gasteiger partial charge >= 0.3 is 0 Å². The monoisotopic (exact) mass is 100 g/mol. The number of hydrogen-bond acceptors (Lipinski definition) is 2. The van der Waals surface area contributed by atoms with Gasteiger partial charge in [-0.1, -0.05) is 0 Å². The molecule has 0 saturated carbocycles. The van der Waals surface area contributed by atoms with Crippen molar-refractivity contribution in [3.63, 3.8) is 0 Å². The maximum atomic E-state index is 8.86. The largest absolute Gasteiger partial charge is 0.378 e. The summed E-state index contributed by atoms with van der Waals surface area (Å²) < 4.78 is 0. The van der Waals surface area contributed by atoms with Gasteiger partial charge in [-0.05, 0) is 12.8 Å². The van der Waals surface area contributed by atoms with Gasteiger partial charge in [0.05, 0.1) is 0 Å². The van der Waals surface area contributed by atoms with Crippen LogP contribution in [0.4, 0.5) is 0 Å². The highest BCUT2D eigenvalue weighted by molar-refractivity contribution is 4.68. The molecule has 0 aromatic rings. The summed E-state index contributed by atoms with van der Waals surface area (Å²) in [4.78, 5) is 1.71. The number of likely N-dealkylation sites (tertiary alicyclic amines) is 1. The molecular formula is C5H10NO. The highest BCUT2D eigenvalue weighted by atomic mass is 16.3. The van der Waals surface area contributed by atoms with E-state index in [9.17, 15) is 0 Å². The number of nitrogens with zero attached hydrogens (tertiary/aromatic N) is 1. The van der Waals surface area contributed by atoms with Crippen molar-refractivity contribution in [2.45, 2.75) is 19.1 Å². The zero-order chi connectivity index (χ0) is 5.28. The molecule has 0 spiro atoms. The van der Waals surface area contributed by atoms with E-state index in [1.165, 1.54) is 0 Å². The molecule has 0 amide bonds. The molecule has 1 heterocycles. The number of aliphatic hydroxyl groups is 1. The third-order valence-corrected chi connectivity index (χ3v) is 1.33. The van der Waals surface area contributed by atoms with Crippen LogP contribution >= 0.6 is 0 Å². The lowest BCUT2D eigenvalue weighted by Crippen LogP contribution is -2.21. The first kappa shape index (κ1) is 5.06. The van der Waals surface area contributed by atoms with Gasteiger partial charge in [0.15, 0.2) is 0 Å². The van der Waals surface area contributed by atoms with Crippen LogP contribution < -0.4 is 0 Å². The summed E-state index contributed by atoms with van der Waals surface area (Å²) >= 11 is 0. The Kier molecular flexibility index (Phi) is 1.30. The molecule has 1 aliphatic heterocycles. The molecule has 1 N–H and O–H groups in total. The first-order valence-electron chi connectivity index (χ1n) is 2.56. The van der Waals surface area contributed by atoms with E-state index >= 15 is 0 Å². The fourth-order valence-corrected chi connectivity index (χ4v) is 0.809. The van der Waals surface area contributed by atoms with E-state index in [4.69, 9.17) is 5.11 Å². The molecule has 1 atom stereocenters. The van der Waals surface area contributed by atoms with E-state index in [2.05, 4.69) is 7.05 Å². The van der Waals surface area contributed by atoms with Gasteiger partial charge in [-0.25, -0.2) is 0 Å². The summed E-state index contributed by atoms with van der Waals surface area (Å²) in [6.07, 6.45) is 1.72. The lowest BCUT2D eigenvalue weighted by atomic mass is 10.4. The third-order valence-electron chi connectivity index (χ3n) is 1.33.